The first-order valence-electron chi connectivity index (χ1n) is 9.21. The van der Waals surface area contributed by atoms with Gasteiger partial charge < -0.3 is 5.32 Å². The Morgan fingerprint density at radius 2 is 2.04 bits per heavy atom. The van der Waals surface area contributed by atoms with Crippen LogP contribution in [0.5, 0.6) is 0 Å². The maximum atomic E-state index is 12.3. The molecule has 3 heterocycles. The third-order valence-corrected chi connectivity index (χ3v) is 4.46. The highest BCUT2D eigenvalue weighted by atomic mass is 16.2. The van der Waals surface area contributed by atoms with Crippen LogP contribution in [-0.2, 0) is 24.9 Å². The van der Waals surface area contributed by atoms with Gasteiger partial charge in [0, 0.05) is 31.4 Å². The van der Waals surface area contributed by atoms with Gasteiger partial charge in [-0.05, 0) is 31.5 Å². The van der Waals surface area contributed by atoms with E-state index in [0.717, 1.165) is 41.0 Å². The van der Waals surface area contributed by atoms with E-state index in [2.05, 4.69) is 32.7 Å². The lowest BCUT2D eigenvalue weighted by atomic mass is 10.1. The van der Waals surface area contributed by atoms with Crippen LogP contribution in [0.3, 0.4) is 0 Å². The molecule has 1 amide bonds. The summed E-state index contributed by atoms with van der Waals surface area (Å²) in [4.78, 5) is 12.3. The Hall–Kier alpha value is -3.49. The number of benzene rings is 1. The molecule has 0 bridgehead atoms. The Bertz CT molecular complexity index is 1140. The molecule has 144 valence electrons. The lowest BCUT2D eigenvalue weighted by molar-refractivity contribution is -0.116. The molecule has 0 aliphatic carbocycles. The lowest BCUT2D eigenvalue weighted by Crippen LogP contribution is -2.20. The van der Waals surface area contributed by atoms with Crippen LogP contribution in [-0.4, -0.2) is 40.5 Å². The van der Waals surface area contributed by atoms with Gasteiger partial charge in [0.2, 0.25) is 5.91 Å². The standard InChI is InChI=1S/C19H22N8O/c1-4-8-27-17-6-5-14(11-16(17)21-24-27)15-7-9-26(23-15)12-19(28)20-18-10-13(2)22-25(18)3/h5-7,9-11H,4,8,12H2,1-3H3,(H,20,28). The van der Waals surface area contributed by atoms with Crippen molar-refractivity contribution in [3.05, 3.63) is 42.2 Å². The van der Waals surface area contributed by atoms with Gasteiger partial charge in [0.1, 0.15) is 17.9 Å². The van der Waals surface area contributed by atoms with E-state index in [1.807, 2.05) is 41.9 Å². The van der Waals surface area contributed by atoms with E-state index < -0.39 is 0 Å². The van der Waals surface area contributed by atoms with Crippen molar-refractivity contribution in [2.75, 3.05) is 5.32 Å². The van der Waals surface area contributed by atoms with Crippen molar-refractivity contribution in [1.29, 1.82) is 0 Å². The first-order chi connectivity index (χ1) is 13.5. The van der Waals surface area contributed by atoms with Crippen LogP contribution in [0, 0.1) is 6.92 Å². The fourth-order valence-corrected chi connectivity index (χ4v) is 3.17. The molecule has 0 fully saturated rings. The third-order valence-electron chi connectivity index (χ3n) is 4.46. The van der Waals surface area contributed by atoms with Gasteiger partial charge in [-0.3, -0.25) is 14.2 Å². The molecule has 4 aromatic rings. The highest BCUT2D eigenvalue weighted by Gasteiger charge is 2.11. The monoisotopic (exact) mass is 378 g/mol. The zero-order valence-corrected chi connectivity index (χ0v) is 16.1. The predicted molar refractivity (Wildman–Crippen MR) is 106 cm³/mol. The van der Waals surface area contributed by atoms with Crippen LogP contribution < -0.4 is 5.32 Å². The molecular formula is C19H22N8O. The summed E-state index contributed by atoms with van der Waals surface area (Å²) in [6.45, 7) is 4.96. The van der Waals surface area contributed by atoms with Gasteiger partial charge >= 0.3 is 0 Å². The molecule has 0 saturated carbocycles. The van der Waals surface area contributed by atoms with Gasteiger partial charge in [-0.2, -0.15) is 10.2 Å². The van der Waals surface area contributed by atoms with Crippen LogP contribution in [0.25, 0.3) is 22.3 Å². The van der Waals surface area contributed by atoms with Crippen LogP contribution in [0.2, 0.25) is 0 Å². The Morgan fingerprint density at radius 3 is 2.79 bits per heavy atom. The van der Waals surface area contributed by atoms with E-state index in [-0.39, 0.29) is 12.5 Å². The Balaban J connectivity index is 1.48. The van der Waals surface area contributed by atoms with E-state index >= 15 is 0 Å². The smallest absolute Gasteiger partial charge is 0.247 e. The minimum Gasteiger partial charge on any atom is -0.309 e. The van der Waals surface area contributed by atoms with Crippen molar-refractivity contribution in [3.63, 3.8) is 0 Å². The average Bonchev–Trinajstić information content (AvgIpc) is 3.35. The Labute approximate surface area is 162 Å². The summed E-state index contributed by atoms with van der Waals surface area (Å²) >= 11 is 0. The van der Waals surface area contributed by atoms with E-state index in [1.54, 1.807) is 22.6 Å². The molecule has 9 heteroatoms. The average molecular weight is 378 g/mol. The summed E-state index contributed by atoms with van der Waals surface area (Å²) in [6, 6.07) is 9.70. The minimum absolute atomic E-state index is 0.124. The molecule has 0 unspecified atom stereocenters. The second-order valence-corrected chi connectivity index (χ2v) is 6.76. The zero-order valence-electron chi connectivity index (χ0n) is 16.1. The summed E-state index contributed by atoms with van der Waals surface area (Å²) in [6.07, 6.45) is 2.80. The number of nitrogens with zero attached hydrogens (tertiary/aromatic N) is 7. The summed E-state index contributed by atoms with van der Waals surface area (Å²) in [5.74, 6) is 0.506. The van der Waals surface area contributed by atoms with Crippen molar-refractivity contribution in [3.8, 4) is 11.3 Å². The number of amides is 1. The second kappa shape index (κ2) is 7.26. The van der Waals surface area contributed by atoms with Crippen molar-refractivity contribution in [2.24, 2.45) is 7.05 Å². The number of anilines is 1. The molecule has 1 N–H and O–H groups in total. The maximum absolute atomic E-state index is 12.3. The van der Waals surface area contributed by atoms with E-state index in [4.69, 9.17) is 0 Å². The van der Waals surface area contributed by atoms with Gasteiger partial charge in [0.25, 0.3) is 0 Å². The molecule has 4 rings (SSSR count). The molecule has 0 radical (unpaired) electrons. The highest BCUT2D eigenvalue weighted by molar-refractivity contribution is 5.89. The minimum atomic E-state index is -0.157. The zero-order chi connectivity index (χ0) is 19.7. The van der Waals surface area contributed by atoms with Gasteiger partial charge in [0.05, 0.1) is 16.9 Å². The second-order valence-electron chi connectivity index (χ2n) is 6.76. The molecule has 3 aromatic heterocycles. The van der Waals surface area contributed by atoms with Crippen LogP contribution in [0.15, 0.2) is 36.5 Å². The molecule has 28 heavy (non-hydrogen) atoms. The summed E-state index contributed by atoms with van der Waals surface area (Å²) in [7, 11) is 1.79. The molecular weight excluding hydrogens is 356 g/mol. The predicted octanol–water partition coefficient (Wildman–Crippen LogP) is 2.39. The summed E-state index contributed by atoms with van der Waals surface area (Å²) in [5, 5.41) is 20.0. The number of nitrogens with one attached hydrogen (secondary N) is 1. The summed E-state index contributed by atoms with van der Waals surface area (Å²) < 4.78 is 5.16. The molecule has 9 nitrogen and oxygen atoms in total. The molecule has 0 saturated heterocycles. The normalized spacial score (nSPS) is 11.2. The molecule has 0 atom stereocenters. The number of hydrogen-bond donors (Lipinski definition) is 1. The first kappa shape index (κ1) is 17.9. The van der Waals surface area contributed by atoms with Crippen molar-refractivity contribution < 1.29 is 4.79 Å². The Kier molecular flexibility index (Phi) is 4.64. The van der Waals surface area contributed by atoms with Gasteiger partial charge in [-0.15, -0.1) is 5.10 Å². The van der Waals surface area contributed by atoms with Crippen LogP contribution >= 0.6 is 0 Å². The van der Waals surface area contributed by atoms with Crippen molar-refractivity contribution in [1.82, 2.24) is 34.6 Å². The van der Waals surface area contributed by atoms with Gasteiger partial charge in [-0.25, -0.2) is 4.68 Å². The molecule has 1 aromatic carbocycles. The molecule has 0 spiro atoms. The number of carbonyl (C=O) groups is 1. The topological polar surface area (TPSA) is 95.5 Å². The number of aryl methyl sites for hydroxylation is 3. The fraction of sp³-hybridized carbons (Fsp3) is 0.316. The number of rotatable bonds is 6. The fourth-order valence-electron chi connectivity index (χ4n) is 3.17. The first-order valence-corrected chi connectivity index (χ1v) is 9.21. The lowest BCUT2D eigenvalue weighted by Gasteiger charge is -2.05. The largest absolute Gasteiger partial charge is 0.309 e. The third kappa shape index (κ3) is 3.51. The maximum Gasteiger partial charge on any atom is 0.247 e. The van der Waals surface area contributed by atoms with Crippen LogP contribution in [0.4, 0.5) is 5.82 Å². The number of carbonyl (C=O) groups excluding carboxylic acids is 1. The Morgan fingerprint density at radius 1 is 1.18 bits per heavy atom. The van der Waals surface area contributed by atoms with Crippen LogP contribution in [0.1, 0.15) is 19.0 Å². The number of fused-ring (bicyclic) bond motifs is 1. The number of aromatic nitrogens is 7. The SMILES string of the molecule is CCCn1nnc2cc(-c3ccn(CC(=O)Nc4cc(C)nn4C)n3)ccc21. The molecule has 0 aliphatic rings. The van der Waals surface area contributed by atoms with Crippen molar-refractivity contribution >= 4 is 22.8 Å². The highest BCUT2D eigenvalue weighted by Crippen LogP contribution is 2.22. The number of hydrogen-bond acceptors (Lipinski definition) is 5. The van der Waals surface area contributed by atoms with E-state index in [1.165, 1.54) is 0 Å². The van der Waals surface area contributed by atoms with E-state index in [9.17, 15) is 4.79 Å². The van der Waals surface area contributed by atoms with Gasteiger partial charge in [0.15, 0.2) is 0 Å². The van der Waals surface area contributed by atoms with Crippen molar-refractivity contribution in [2.45, 2.75) is 33.4 Å². The summed E-state index contributed by atoms with van der Waals surface area (Å²) in [5.41, 5.74) is 4.43. The van der Waals surface area contributed by atoms with Gasteiger partial charge in [-0.1, -0.05) is 18.2 Å². The molecule has 0 aliphatic heterocycles. The quantitative estimate of drug-likeness (QED) is 0.556. The van der Waals surface area contributed by atoms with E-state index in [0.29, 0.717) is 5.82 Å².